The highest BCUT2D eigenvalue weighted by Crippen LogP contribution is 2.55. The van der Waals surface area contributed by atoms with Crippen molar-refractivity contribution < 1.29 is 9.53 Å². The number of hydrogen-bond acceptors (Lipinski definition) is 4. The van der Waals surface area contributed by atoms with Gasteiger partial charge in [0.2, 0.25) is 0 Å². The van der Waals surface area contributed by atoms with Crippen LogP contribution in [0.25, 0.3) is 11.1 Å². The largest absolute Gasteiger partial charge is 0.444 e. The molecule has 6 rings (SSSR count). The van der Waals surface area contributed by atoms with E-state index in [0.717, 1.165) is 37.2 Å². The van der Waals surface area contributed by atoms with E-state index in [2.05, 4.69) is 49.2 Å². The van der Waals surface area contributed by atoms with Crippen LogP contribution in [-0.2, 0) is 11.2 Å². The highest BCUT2D eigenvalue weighted by molar-refractivity contribution is 6.00. The number of aryl methyl sites for hydroxylation is 1. The molecular formula is C29H35N3O2. The molecule has 0 N–H and O–H groups in total. The molecule has 4 heterocycles. The van der Waals surface area contributed by atoms with Crippen molar-refractivity contribution in [1.82, 2.24) is 9.80 Å². The number of fused-ring (bicyclic) bond motifs is 6. The van der Waals surface area contributed by atoms with Crippen LogP contribution < -0.4 is 0 Å². The van der Waals surface area contributed by atoms with Crippen LogP contribution in [0.2, 0.25) is 0 Å². The molecule has 5 nitrogen and oxygen atoms in total. The van der Waals surface area contributed by atoms with E-state index in [1.165, 1.54) is 35.1 Å². The van der Waals surface area contributed by atoms with Gasteiger partial charge in [-0.25, -0.2) is 4.79 Å². The zero-order valence-electron chi connectivity index (χ0n) is 21.0. The fourth-order valence-electron chi connectivity index (χ4n) is 6.67. The number of ether oxygens (including phenoxy) is 1. The average molecular weight is 458 g/mol. The Kier molecular flexibility index (Phi) is 4.93. The van der Waals surface area contributed by atoms with E-state index in [0.29, 0.717) is 12.1 Å². The third-order valence-corrected chi connectivity index (χ3v) is 8.16. The average Bonchev–Trinajstić information content (AvgIpc) is 3.54. The molecule has 5 heteroatoms. The Morgan fingerprint density at radius 3 is 2.56 bits per heavy atom. The third-order valence-electron chi connectivity index (χ3n) is 8.16. The van der Waals surface area contributed by atoms with E-state index in [-0.39, 0.29) is 12.1 Å². The van der Waals surface area contributed by atoms with E-state index < -0.39 is 5.60 Å². The first kappa shape index (κ1) is 21.8. The fraction of sp³-hybridized carbons (Fsp3) is 0.517. The molecule has 0 saturated carbocycles. The predicted octanol–water partition coefficient (Wildman–Crippen LogP) is 6.51. The Bertz CT molecular complexity index is 1210. The zero-order chi connectivity index (χ0) is 23.8. The van der Waals surface area contributed by atoms with E-state index in [4.69, 9.17) is 9.73 Å². The van der Waals surface area contributed by atoms with Crippen molar-refractivity contribution in [2.75, 3.05) is 13.6 Å². The first-order valence-corrected chi connectivity index (χ1v) is 12.8. The molecular weight excluding hydrogens is 422 g/mol. The van der Waals surface area contributed by atoms with Crippen LogP contribution in [0.15, 0.2) is 35.3 Å². The maximum Gasteiger partial charge on any atom is 0.410 e. The van der Waals surface area contributed by atoms with Gasteiger partial charge in [0.25, 0.3) is 0 Å². The lowest BCUT2D eigenvalue weighted by atomic mass is 9.83. The van der Waals surface area contributed by atoms with E-state index in [9.17, 15) is 4.79 Å². The van der Waals surface area contributed by atoms with Crippen molar-refractivity contribution >= 4 is 17.5 Å². The Hall–Kier alpha value is -2.66. The summed E-state index contributed by atoms with van der Waals surface area (Å²) in [7, 11) is 2.28. The predicted molar refractivity (Wildman–Crippen MR) is 136 cm³/mol. The molecule has 2 saturated heterocycles. The molecule has 0 radical (unpaired) electrons. The number of likely N-dealkylation sites (tertiary alicyclic amines) is 1. The second kappa shape index (κ2) is 7.67. The van der Waals surface area contributed by atoms with E-state index >= 15 is 0 Å². The minimum atomic E-state index is -0.485. The van der Waals surface area contributed by atoms with Crippen molar-refractivity contribution in [3.8, 4) is 11.1 Å². The molecule has 2 unspecified atom stereocenters. The minimum absolute atomic E-state index is 0.0405. The Balaban J connectivity index is 1.28. The summed E-state index contributed by atoms with van der Waals surface area (Å²) in [5.41, 5.74) is 10.1. The first-order chi connectivity index (χ1) is 16.2. The van der Waals surface area contributed by atoms with Crippen LogP contribution in [0, 0.1) is 6.92 Å². The monoisotopic (exact) mass is 457 g/mol. The van der Waals surface area contributed by atoms with Crippen molar-refractivity contribution in [3.63, 3.8) is 0 Å². The van der Waals surface area contributed by atoms with E-state index in [1.807, 2.05) is 25.7 Å². The molecule has 2 fully saturated rings. The lowest BCUT2D eigenvalue weighted by Gasteiger charge is -2.28. The molecule has 2 bridgehead atoms. The Morgan fingerprint density at radius 2 is 1.79 bits per heavy atom. The maximum absolute atomic E-state index is 12.8. The fourth-order valence-corrected chi connectivity index (χ4v) is 6.67. The van der Waals surface area contributed by atoms with Gasteiger partial charge in [0.15, 0.2) is 0 Å². The van der Waals surface area contributed by atoms with Gasteiger partial charge in [-0.05, 0) is 106 Å². The van der Waals surface area contributed by atoms with Crippen LogP contribution in [0.1, 0.15) is 80.8 Å². The Labute approximate surface area is 202 Å². The van der Waals surface area contributed by atoms with Gasteiger partial charge in [-0.15, -0.1) is 0 Å². The quantitative estimate of drug-likeness (QED) is 0.516. The second-order valence-corrected chi connectivity index (χ2v) is 11.5. The van der Waals surface area contributed by atoms with Crippen LogP contribution in [0.5, 0.6) is 0 Å². The molecule has 0 aromatic heterocycles. The number of benzene rings is 2. The van der Waals surface area contributed by atoms with Gasteiger partial charge in [0, 0.05) is 30.8 Å². The van der Waals surface area contributed by atoms with Gasteiger partial charge >= 0.3 is 6.09 Å². The van der Waals surface area contributed by atoms with Crippen molar-refractivity contribution in [1.29, 1.82) is 0 Å². The summed E-state index contributed by atoms with van der Waals surface area (Å²) in [5.74, 6) is 0. The number of carbonyl (C=O) groups is 1. The summed E-state index contributed by atoms with van der Waals surface area (Å²) in [4.78, 5) is 22.3. The van der Waals surface area contributed by atoms with Crippen molar-refractivity contribution in [2.45, 2.75) is 83.5 Å². The molecule has 3 atom stereocenters. The number of hydrogen-bond donors (Lipinski definition) is 0. The number of carbonyl (C=O) groups excluding carboxylic acids is 1. The lowest BCUT2D eigenvalue weighted by molar-refractivity contribution is 0.0265. The van der Waals surface area contributed by atoms with Crippen LogP contribution in [-0.4, -0.2) is 46.8 Å². The van der Waals surface area contributed by atoms with Gasteiger partial charge in [-0.1, -0.05) is 18.2 Å². The number of nitrogens with zero attached hydrogens (tertiary/aromatic N) is 3. The summed E-state index contributed by atoms with van der Waals surface area (Å²) >= 11 is 0. The standard InChI is InChI=1S/C29H35N3O2/c1-17-8-10-20(27-25-13-12-24(26(17)27)31(25)5)18-9-11-21-19(15-18)16-22(30-21)23-7-6-14-32(23)28(33)34-29(2,3)4/h8-11,15,23-25H,6-7,12-14,16H2,1-5H3/t23-,24?,25?/m0/s1. The number of aliphatic imine (C=N–C) groups is 1. The zero-order valence-corrected chi connectivity index (χ0v) is 21.0. The highest BCUT2D eigenvalue weighted by Gasteiger charge is 2.44. The number of rotatable bonds is 2. The first-order valence-electron chi connectivity index (χ1n) is 12.8. The minimum Gasteiger partial charge on any atom is -0.444 e. The summed E-state index contributed by atoms with van der Waals surface area (Å²) in [6, 6.07) is 12.5. The van der Waals surface area contributed by atoms with Gasteiger partial charge in [-0.2, -0.15) is 0 Å². The van der Waals surface area contributed by atoms with Crippen LogP contribution >= 0.6 is 0 Å². The van der Waals surface area contributed by atoms with Crippen molar-refractivity contribution in [3.05, 3.63) is 52.6 Å². The smallest absolute Gasteiger partial charge is 0.410 e. The summed E-state index contributed by atoms with van der Waals surface area (Å²) in [6.45, 7) is 8.77. The van der Waals surface area contributed by atoms with Gasteiger partial charge in [0.1, 0.15) is 5.60 Å². The molecule has 0 aliphatic carbocycles. The molecule has 4 aliphatic heterocycles. The molecule has 178 valence electrons. The highest BCUT2D eigenvalue weighted by atomic mass is 16.6. The van der Waals surface area contributed by atoms with Gasteiger partial charge in [-0.3, -0.25) is 14.8 Å². The third kappa shape index (κ3) is 3.39. The van der Waals surface area contributed by atoms with Gasteiger partial charge in [0.05, 0.1) is 11.7 Å². The lowest BCUT2D eigenvalue weighted by Crippen LogP contribution is -2.43. The summed E-state index contributed by atoms with van der Waals surface area (Å²) < 4.78 is 5.68. The topological polar surface area (TPSA) is 45.1 Å². The molecule has 0 spiro atoms. The second-order valence-electron chi connectivity index (χ2n) is 11.5. The summed E-state index contributed by atoms with van der Waals surface area (Å²) in [6.07, 6.45) is 5.08. The molecule has 2 aromatic carbocycles. The molecule has 4 aliphatic rings. The maximum atomic E-state index is 12.8. The normalized spacial score (nSPS) is 25.5. The SMILES string of the molecule is Cc1ccc(-c2ccc3c(c2)CC([C@@H]2CCCN2C(=O)OC(C)(C)C)=N3)c2c1C1CCC2N1C. The summed E-state index contributed by atoms with van der Waals surface area (Å²) in [5, 5.41) is 0. The van der Waals surface area contributed by atoms with Gasteiger partial charge < -0.3 is 4.74 Å². The Morgan fingerprint density at radius 1 is 1.03 bits per heavy atom. The van der Waals surface area contributed by atoms with Crippen LogP contribution in [0.4, 0.5) is 10.5 Å². The van der Waals surface area contributed by atoms with E-state index in [1.54, 1.807) is 11.1 Å². The molecule has 2 aromatic rings. The molecule has 34 heavy (non-hydrogen) atoms. The van der Waals surface area contributed by atoms with Crippen molar-refractivity contribution in [2.24, 2.45) is 4.99 Å². The number of amides is 1. The molecule has 1 amide bonds. The van der Waals surface area contributed by atoms with Crippen LogP contribution in [0.3, 0.4) is 0 Å².